The zero-order valence-electron chi connectivity index (χ0n) is 20.2. The van der Waals surface area contributed by atoms with Crippen molar-refractivity contribution in [2.75, 3.05) is 13.1 Å². The molecular weight excluding hydrogens is 491 g/mol. The third-order valence-electron chi connectivity index (χ3n) is 5.97. The molecule has 2 aromatic heterocycles. The Morgan fingerprint density at radius 1 is 1.08 bits per heavy atom. The first-order chi connectivity index (χ1) is 17.2. The lowest BCUT2D eigenvalue weighted by atomic mass is 10.1. The Morgan fingerprint density at radius 2 is 1.83 bits per heavy atom. The fourth-order valence-electron chi connectivity index (χ4n) is 3.98. The highest BCUT2D eigenvalue weighted by atomic mass is 32.1. The lowest BCUT2D eigenvalue weighted by Crippen LogP contribution is -2.45. The highest BCUT2D eigenvalue weighted by molar-refractivity contribution is 7.14. The van der Waals surface area contributed by atoms with Crippen molar-refractivity contribution in [1.82, 2.24) is 25.2 Å². The predicted molar refractivity (Wildman–Crippen MR) is 131 cm³/mol. The van der Waals surface area contributed by atoms with E-state index < -0.39 is 12.7 Å². The molecule has 1 saturated heterocycles. The normalized spacial score (nSPS) is 16.6. The summed E-state index contributed by atoms with van der Waals surface area (Å²) in [5, 5.41) is 3.69. The monoisotopic (exact) mass is 519 g/mol. The molecule has 1 amide bonds. The van der Waals surface area contributed by atoms with Gasteiger partial charge in [0.15, 0.2) is 0 Å². The third-order valence-corrected chi connectivity index (χ3v) is 6.93. The summed E-state index contributed by atoms with van der Waals surface area (Å²) in [6.07, 6.45) is 0.262. The fourth-order valence-corrected chi connectivity index (χ4v) is 4.73. The number of nitrogens with one attached hydrogen (secondary N) is 1. The summed E-state index contributed by atoms with van der Waals surface area (Å²) < 4.78 is 45.2. The zero-order valence-corrected chi connectivity index (χ0v) is 21.1. The Kier molecular flexibility index (Phi) is 8.20. The Morgan fingerprint density at radius 3 is 2.44 bits per heavy atom. The average Bonchev–Trinajstić information content (AvgIpc) is 3.30. The molecule has 0 spiro atoms. The van der Waals surface area contributed by atoms with Crippen molar-refractivity contribution in [3.8, 4) is 16.3 Å². The van der Waals surface area contributed by atoms with Crippen LogP contribution in [0.5, 0.6) is 5.75 Å². The van der Waals surface area contributed by atoms with Gasteiger partial charge in [-0.25, -0.2) is 18.2 Å². The van der Waals surface area contributed by atoms with E-state index in [2.05, 4.69) is 20.3 Å². The van der Waals surface area contributed by atoms with Crippen LogP contribution in [0.15, 0.2) is 36.8 Å². The summed E-state index contributed by atoms with van der Waals surface area (Å²) in [4.78, 5) is 28.3. The van der Waals surface area contributed by atoms with Crippen molar-refractivity contribution in [1.29, 1.82) is 0 Å². The van der Waals surface area contributed by atoms with Gasteiger partial charge < -0.3 is 10.1 Å². The molecule has 0 radical (unpaired) electrons. The number of nitrogens with zero attached hydrogens (tertiary/aromatic N) is 4. The summed E-state index contributed by atoms with van der Waals surface area (Å²) in [6, 6.07) is 4.85. The Bertz CT molecular complexity index is 1180. The van der Waals surface area contributed by atoms with Crippen LogP contribution in [0.25, 0.3) is 10.6 Å². The molecule has 36 heavy (non-hydrogen) atoms. The second-order valence-electron chi connectivity index (χ2n) is 8.86. The summed E-state index contributed by atoms with van der Waals surface area (Å²) >= 11 is 1.50. The van der Waals surface area contributed by atoms with Crippen LogP contribution in [0.4, 0.5) is 13.2 Å². The molecule has 1 unspecified atom stereocenters. The molecule has 4 rings (SSSR count). The molecule has 1 N–H and O–H groups in total. The highest BCUT2D eigenvalue weighted by Gasteiger charge is 2.31. The summed E-state index contributed by atoms with van der Waals surface area (Å²) in [7, 11) is 0. The van der Waals surface area contributed by atoms with Crippen LogP contribution in [0, 0.1) is 13.8 Å². The topological polar surface area (TPSA) is 80.2 Å². The second kappa shape index (κ2) is 11.3. The van der Waals surface area contributed by atoms with Crippen molar-refractivity contribution in [2.24, 2.45) is 0 Å². The lowest BCUT2D eigenvalue weighted by Gasteiger charge is -2.33. The maximum Gasteiger partial charge on any atom is 0.282 e. The van der Waals surface area contributed by atoms with Crippen LogP contribution in [-0.2, 0) is 0 Å². The number of halogens is 3. The lowest BCUT2D eigenvalue weighted by molar-refractivity contribution is -0.0665. The number of likely N-dealkylation sites (tertiary alicyclic amines) is 1. The van der Waals surface area contributed by atoms with Crippen LogP contribution in [0.3, 0.4) is 0 Å². The van der Waals surface area contributed by atoms with Crippen LogP contribution in [-0.4, -0.2) is 57.7 Å². The van der Waals surface area contributed by atoms with Gasteiger partial charge in [0, 0.05) is 41.5 Å². The number of benzene rings is 1. The molecule has 3 aromatic rings. The number of hydrogen-bond donors (Lipinski definition) is 1. The summed E-state index contributed by atoms with van der Waals surface area (Å²) in [5.74, 6) is 0.161. The van der Waals surface area contributed by atoms with E-state index in [1.165, 1.54) is 11.3 Å². The minimum Gasteiger partial charge on any atom is -0.490 e. The first-order valence-electron chi connectivity index (χ1n) is 11.7. The van der Waals surface area contributed by atoms with Crippen LogP contribution >= 0.6 is 11.3 Å². The largest absolute Gasteiger partial charge is 0.490 e. The number of thiazole rings is 1. The molecule has 1 fully saturated rings. The minimum absolute atomic E-state index is 0.171. The molecule has 0 aliphatic carbocycles. The predicted octanol–water partition coefficient (Wildman–Crippen LogP) is 5.11. The van der Waals surface area contributed by atoms with Gasteiger partial charge in [0.2, 0.25) is 6.30 Å². The van der Waals surface area contributed by atoms with Gasteiger partial charge in [-0.2, -0.15) is 0 Å². The van der Waals surface area contributed by atoms with E-state index in [-0.39, 0.29) is 31.1 Å². The highest BCUT2D eigenvalue weighted by Crippen LogP contribution is 2.31. The smallest absolute Gasteiger partial charge is 0.282 e. The summed E-state index contributed by atoms with van der Waals surface area (Å²) in [6.45, 7) is 5.96. The molecule has 0 saturated carbocycles. The molecule has 11 heteroatoms. The number of amides is 1. The maximum absolute atomic E-state index is 13.7. The second-order valence-corrected chi connectivity index (χ2v) is 10.1. The maximum atomic E-state index is 13.7. The molecule has 3 heterocycles. The molecular formula is C25H28F3N5O2S. The van der Waals surface area contributed by atoms with Crippen molar-refractivity contribution in [2.45, 2.75) is 58.5 Å². The van der Waals surface area contributed by atoms with E-state index in [1.807, 2.05) is 26.8 Å². The average molecular weight is 520 g/mol. The fraction of sp³-hybridized carbons (Fsp3) is 0.440. The van der Waals surface area contributed by atoms with Crippen LogP contribution in [0.1, 0.15) is 52.4 Å². The van der Waals surface area contributed by atoms with Gasteiger partial charge in [-0.05, 0) is 51.8 Å². The first-order valence-corrected chi connectivity index (χ1v) is 12.5. The van der Waals surface area contributed by atoms with E-state index in [1.54, 1.807) is 30.7 Å². The zero-order chi connectivity index (χ0) is 25.8. The Labute approximate surface area is 211 Å². The molecule has 1 aromatic carbocycles. The number of piperidine rings is 1. The van der Waals surface area contributed by atoms with Crippen molar-refractivity contribution < 1.29 is 22.7 Å². The van der Waals surface area contributed by atoms with E-state index >= 15 is 0 Å². The number of rotatable bonds is 8. The number of ether oxygens (including phenoxy) is 1. The molecule has 192 valence electrons. The standard InChI is InChI=1S/C25H28F3N5O2S/c1-14-11-30-21(13-29-14)16(3)32-24(34)17-8-18(25-31-12-15(2)36-25)10-20(9-17)35-19-4-6-33(7-5-19)23(28)22(26)27/h8-13,16,19,22-23H,4-7H2,1-3H3,(H,32,34)/t16-,23?/m1/s1. The van der Waals surface area contributed by atoms with Crippen LogP contribution < -0.4 is 10.1 Å². The SMILES string of the molecule is Cc1cnc([C@@H](C)NC(=O)c2cc(OC3CCN(C(F)C(F)F)CC3)cc(-c3ncc(C)s3)c2)cn1. The van der Waals surface area contributed by atoms with Gasteiger partial charge in [0.05, 0.1) is 23.6 Å². The summed E-state index contributed by atoms with van der Waals surface area (Å²) in [5.41, 5.74) is 2.55. The van der Waals surface area contributed by atoms with Gasteiger partial charge in [-0.3, -0.25) is 19.7 Å². The Hall–Kier alpha value is -3.05. The molecule has 1 aliphatic rings. The van der Waals surface area contributed by atoms with Crippen molar-refractivity contribution >= 4 is 17.2 Å². The number of aromatic nitrogens is 3. The van der Waals surface area contributed by atoms with Gasteiger partial charge in [0.1, 0.15) is 16.9 Å². The van der Waals surface area contributed by atoms with E-state index in [0.29, 0.717) is 29.8 Å². The third kappa shape index (κ3) is 6.38. The van der Waals surface area contributed by atoms with E-state index in [4.69, 9.17) is 4.74 Å². The van der Waals surface area contributed by atoms with Gasteiger partial charge >= 0.3 is 0 Å². The number of carbonyl (C=O) groups excluding carboxylic acids is 1. The first kappa shape index (κ1) is 26.0. The van der Waals surface area contributed by atoms with Crippen LogP contribution in [0.2, 0.25) is 0 Å². The van der Waals surface area contributed by atoms with Gasteiger partial charge in [-0.1, -0.05) is 0 Å². The number of hydrogen-bond acceptors (Lipinski definition) is 7. The van der Waals surface area contributed by atoms with Gasteiger partial charge in [-0.15, -0.1) is 11.3 Å². The molecule has 2 atom stereocenters. The minimum atomic E-state index is -3.03. The quantitative estimate of drug-likeness (QED) is 0.417. The van der Waals surface area contributed by atoms with E-state index in [9.17, 15) is 18.0 Å². The number of alkyl halides is 3. The van der Waals surface area contributed by atoms with Crippen molar-refractivity contribution in [3.05, 3.63) is 58.6 Å². The van der Waals surface area contributed by atoms with E-state index in [0.717, 1.165) is 26.0 Å². The molecule has 1 aliphatic heterocycles. The van der Waals surface area contributed by atoms with Gasteiger partial charge in [0.25, 0.3) is 12.3 Å². The molecule has 7 nitrogen and oxygen atoms in total. The molecule has 0 bridgehead atoms. The Balaban J connectivity index is 1.52. The van der Waals surface area contributed by atoms with Crippen molar-refractivity contribution in [3.63, 3.8) is 0 Å². The number of carbonyl (C=O) groups is 1. The number of aryl methyl sites for hydroxylation is 2.